The zero-order valence-electron chi connectivity index (χ0n) is 15.4. The molecule has 0 atom stereocenters. The minimum absolute atomic E-state index is 0.205. The summed E-state index contributed by atoms with van der Waals surface area (Å²) in [5.41, 5.74) is 1.19. The van der Waals surface area contributed by atoms with E-state index in [2.05, 4.69) is 26.9 Å². The van der Waals surface area contributed by atoms with Crippen molar-refractivity contribution in [2.24, 2.45) is 0 Å². The minimum atomic E-state index is -3.67. The lowest BCUT2D eigenvalue weighted by atomic mass is 10.3. The highest BCUT2D eigenvalue weighted by Gasteiger charge is 2.31. The molecule has 0 saturated carbocycles. The van der Waals surface area contributed by atoms with Crippen LogP contribution in [0.25, 0.3) is 5.65 Å². The number of aromatic nitrogens is 3. The first kappa shape index (κ1) is 18.7. The number of likely N-dealkylation sites (N-methyl/N-ethyl adjacent to an activating group) is 1. The van der Waals surface area contributed by atoms with Gasteiger partial charge in [0.1, 0.15) is 15.1 Å². The van der Waals surface area contributed by atoms with Crippen molar-refractivity contribution in [1.29, 1.82) is 0 Å². The molecule has 1 aliphatic heterocycles. The first-order valence-electron chi connectivity index (χ1n) is 8.58. The highest BCUT2D eigenvalue weighted by atomic mass is 32.2. The molecule has 1 saturated heterocycles. The maximum absolute atomic E-state index is 13.3. The van der Waals surface area contributed by atoms with Crippen molar-refractivity contribution in [3.8, 4) is 0 Å². The van der Waals surface area contributed by atoms with E-state index >= 15 is 0 Å². The van der Waals surface area contributed by atoms with E-state index in [1.807, 2.05) is 19.2 Å². The van der Waals surface area contributed by atoms with Crippen molar-refractivity contribution in [1.82, 2.24) is 19.5 Å². The lowest BCUT2D eigenvalue weighted by Crippen LogP contribution is -2.45. The molecule has 0 spiro atoms. The number of hydrogen-bond donors (Lipinski definition) is 0. The predicted molar refractivity (Wildman–Crippen MR) is 109 cm³/mol. The number of nitrogens with zero attached hydrogens (tertiary/aromatic N) is 5. The molecule has 0 aromatic carbocycles. The highest BCUT2D eigenvalue weighted by Crippen LogP contribution is 2.35. The molecular weight excluding hydrogens is 402 g/mol. The Kier molecular flexibility index (Phi) is 4.91. The van der Waals surface area contributed by atoms with Gasteiger partial charge in [-0.1, -0.05) is 6.07 Å². The SMILES string of the molecule is CSc1nn2c(N3CCN(C)CC3)cc(C)nc2c1S(=O)(=O)c1cccs1. The molecule has 0 N–H and O–H groups in total. The van der Waals surface area contributed by atoms with Gasteiger partial charge in [-0.15, -0.1) is 23.1 Å². The first-order chi connectivity index (χ1) is 12.9. The Morgan fingerprint density at radius 2 is 1.96 bits per heavy atom. The van der Waals surface area contributed by atoms with Crippen molar-refractivity contribution in [3.63, 3.8) is 0 Å². The Balaban J connectivity index is 1.94. The summed E-state index contributed by atoms with van der Waals surface area (Å²) in [6, 6.07) is 5.36. The van der Waals surface area contributed by atoms with Crippen LogP contribution >= 0.6 is 23.1 Å². The normalized spacial score (nSPS) is 16.3. The van der Waals surface area contributed by atoms with Crippen molar-refractivity contribution >= 4 is 44.4 Å². The molecule has 3 aromatic rings. The van der Waals surface area contributed by atoms with Gasteiger partial charge in [0.15, 0.2) is 10.5 Å². The number of thiophene rings is 1. The summed E-state index contributed by atoms with van der Waals surface area (Å²) in [6.45, 7) is 5.56. The average molecular weight is 424 g/mol. The van der Waals surface area contributed by atoms with Gasteiger partial charge in [0.25, 0.3) is 0 Å². The van der Waals surface area contributed by atoms with Crippen molar-refractivity contribution in [2.75, 3.05) is 44.4 Å². The molecule has 0 amide bonds. The molecule has 3 aromatic heterocycles. The van der Waals surface area contributed by atoms with E-state index in [9.17, 15) is 8.42 Å². The molecule has 0 aliphatic carbocycles. The van der Waals surface area contributed by atoms with Crippen LogP contribution in [0.5, 0.6) is 0 Å². The second-order valence-corrected chi connectivity index (χ2v) is 10.4. The predicted octanol–water partition coefficient (Wildman–Crippen LogP) is 2.41. The Hall–Kier alpha value is -1.62. The molecule has 4 rings (SSSR count). The zero-order chi connectivity index (χ0) is 19.2. The van der Waals surface area contributed by atoms with Crippen LogP contribution in [0.1, 0.15) is 5.69 Å². The van der Waals surface area contributed by atoms with E-state index in [-0.39, 0.29) is 4.90 Å². The van der Waals surface area contributed by atoms with E-state index < -0.39 is 9.84 Å². The Morgan fingerprint density at radius 1 is 1.22 bits per heavy atom. The molecule has 0 unspecified atom stereocenters. The van der Waals surface area contributed by atoms with Crippen molar-refractivity contribution in [2.45, 2.75) is 21.1 Å². The fourth-order valence-electron chi connectivity index (χ4n) is 3.23. The van der Waals surface area contributed by atoms with E-state index in [1.54, 1.807) is 22.0 Å². The summed E-state index contributed by atoms with van der Waals surface area (Å²) < 4.78 is 28.6. The van der Waals surface area contributed by atoms with E-state index in [0.717, 1.165) is 37.7 Å². The van der Waals surface area contributed by atoms with Gasteiger partial charge < -0.3 is 9.80 Å². The van der Waals surface area contributed by atoms with Crippen LogP contribution in [-0.2, 0) is 9.84 Å². The van der Waals surface area contributed by atoms with Crippen LogP contribution in [0, 0.1) is 6.92 Å². The van der Waals surface area contributed by atoms with Gasteiger partial charge in [-0.05, 0) is 31.7 Å². The van der Waals surface area contributed by atoms with Crippen LogP contribution in [0.3, 0.4) is 0 Å². The summed E-state index contributed by atoms with van der Waals surface area (Å²) in [7, 11) is -1.56. The summed E-state index contributed by atoms with van der Waals surface area (Å²) in [4.78, 5) is 9.30. The molecule has 0 radical (unpaired) electrons. The third kappa shape index (κ3) is 3.24. The number of aryl methyl sites for hydroxylation is 1. The largest absolute Gasteiger partial charge is 0.354 e. The van der Waals surface area contributed by atoms with Crippen LogP contribution in [0.2, 0.25) is 0 Å². The number of sulfone groups is 1. The topological polar surface area (TPSA) is 70.8 Å². The average Bonchev–Trinajstić information content (AvgIpc) is 3.30. The molecule has 27 heavy (non-hydrogen) atoms. The zero-order valence-corrected chi connectivity index (χ0v) is 17.9. The lowest BCUT2D eigenvalue weighted by Gasteiger charge is -2.34. The fraction of sp³-hybridized carbons (Fsp3) is 0.412. The van der Waals surface area contributed by atoms with Gasteiger partial charge in [0.05, 0.1) is 0 Å². The van der Waals surface area contributed by atoms with Gasteiger partial charge >= 0.3 is 0 Å². The van der Waals surface area contributed by atoms with E-state index in [0.29, 0.717) is 14.9 Å². The van der Waals surface area contributed by atoms with Crippen molar-refractivity contribution < 1.29 is 8.42 Å². The third-order valence-corrected chi connectivity index (χ3v) is 8.66. The number of anilines is 1. The Bertz CT molecular complexity index is 1070. The quantitative estimate of drug-likeness (QED) is 0.597. The number of hydrogen-bond acceptors (Lipinski definition) is 8. The minimum Gasteiger partial charge on any atom is -0.354 e. The van der Waals surface area contributed by atoms with E-state index in [1.165, 1.54) is 23.1 Å². The molecule has 4 heterocycles. The number of thioether (sulfide) groups is 1. The van der Waals surface area contributed by atoms with Crippen LogP contribution in [-0.4, -0.2) is 67.4 Å². The highest BCUT2D eigenvalue weighted by molar-refractivity contribution is 8.00. The Morgan fingerprint density at radius 3 is 2.59 bits per heavy atom. The Labute approximate surface area is 166 Å². The van der Waals surface area contributed by atoms with E-state index in [4.69, 9.17) is 0 Å². The molecule has 0 bridgehead atoms. The van der Waals surface area contributed by atoms with Crippen LogP contribution in [0.4, 0.5) is 5.82 Å². The lowest BCUT2D eigenvalue weighted by molar-refractivity contribution is 0.311. The molecular formula is C17H21N5O2S3. The number of fused-ring (bicyclic) bond motifs is 1. The molecule has 1 aliphatic rings. The summed E-state index contributed by atoms with van der Waals surface area (Å²) >= 11 is 2.55. The number of rotatable bonds is 4. The molecule has 1 fully saturated rings. The fourth-order valence-corrected chi connectivity index (χ4v) is 6.72. The van der Waals surface area contributed by atoms with Crippen LogP contribution < -0.4 is 4.90 Å². The van der Waals surface area contributed by atoms with Gasteiger partial charge in [-0.3, -0.25) is 0 Å². The summed E-state index contributed by atoms with van der Waals surface area (Å²) in [5, 5.41) is 6.88. The third-order valence-electron chi connectivity index (χ3n) is 4.68. The van der Waals surface area contributed by atoms with Crippen molar-refractivity contribution in [3.05, 3.63) is 29.3 Å². The first-order valence-corrected chi connectivity index (χ1v) is 12.2. The van der Waals surface area contributed by atoms with Crippen LogP contribution in [0.15, 0.2) is 37.7 Å². The maximum atomic E-state index is 13.3. The second kappa shape index (κ2) is 7.08. The molecule has 10 heteroatoms. The van der Waals surface area contributed by atoms with Gasteiger partial charge in [0.2, 0.25) is 9.84 Å². The molecule has 7 nitrogen and oxygen atoms in total. The second-order valence-electron chi connectivity index (χ2n) is 6.56. The van der Waals surface area contributed by atoms with Gasteiger partial charge in [-0.2, -0.15) is 9.61 Å². The number of piperazine rings is 1. The summed E-state index contributed by atoms with van der Waals surface area (Å²) in [5.74, 6) is 0.897. The monoisotopic (exact) mass is 423 g/mol. The van der Waals surface area contributed by atoms with Gasteiger partial charge in [-0.25, -0.2) is 13.4 Å². The smallest absolute Gasteiger partial charge is 0.222 e. The maximum Gasteiger partial charge on any atom is 0.222 e. The molecule has 144 valence electrons. The standard InChI is InChI=1S/C17H21N5O2S3/c1-12-11-13(21-8-6-20(2)7-9-21)22-16(18-12)15(17(19-22)25-3)27(23,24)14-5-4-10-26-14/h4-5,10-11H,6-9H2,1-3H3. The summed E-state index contributed by atoms with van der Waals surface area (Å²) in [6.07, 6.45) is 1.84. The van der Waals surface area contributed by atoms with Gasteiger partial charge in [0, 0.05) is 37.9 Å².